The number of alkyl halides is 3. The molecule has 0 radical (unpaired) electrons. The minimum Gasteiger partial charge on any atom is -0.469 e. The van der Waals surface area contributed by atoms with Crippen LogP contribution in [0.25, 0.3) is 10.8 Å². The summed E-state index contributed by atoms with van der Waals surface area (Å²) < 4.78 is 42.0. The summed E-state index contributed by atoms with van der Waals surface area (Å²) in [7, 11) is 1.14. The second kappa shape index (κ2) is 7.33. The SMILES string of the molecule is COC(=O)C[C@@H](Cc1cccc2ccccc12)NC(=O)C(F)(F)F. The van der Waals surface area contributed by atoms with Gasteiger partial charge in [0.2, 0.25) is 0 Å². The number of esters is 1. The molecule has 2 aromatic rings. The molecular weight excluding hydrogens is 323 g/mol. The van der Waals surface area contributed by atoms with E-state index < -0.39 is 24.1 Å². The summed E-state index contributed by atoms with van der Waals surface area (Å²) in [5.74, 6) is -2.76. The van der Waals surface area contributed by atoms with Crippen LogP contribution in [0.5, 0.6) is 0 Å². The van der Waals surface area contributed by atoms with Gasteiger partial charge < -0.3 is 10.1 Å². The summed E-state index contributed by atoms with van der Waals surface area (Å²) >= 11 is 0. The normalized spacial score (nSPS) is 12.7. The number of hydrogen-bond acceptors (Lipinski definition) is 3. The van der Waals surface area contributed by atoms with E-state index in [1.165, 1.54) is 0 Å². The minimum absolute atomic E-state index is 0.0816. The number of fused-ring (bicyclic) bond motifs is 1. The van der Waals surface area contributed by atoms with Gasteiger partial charge in [-0.25, -0.2) is 0 Å². The van der Waals surface area contributed by atoms with Crippen LogP contribution in [0.1, 0.15) is 12.0 Å². The van der Waals surface area contributed by atoms with Crippen LogP contribution < -0.4 is 5.32 Å². The van der Waals surface area contributed by atoms with E-state index in [1.54, 1.807) is 12.1 Å². The molecule has 0 unspecified atom stereocenters. The maximum atomic E-state index is 12.5. The molecule has 0 saturated carbocycles. The number of methoxy groups -OCH3 is 1. The zero-order chi connectivity index (χ0) is 17.7. The summed E-state index contributed by atoms with van der Waals surface area (Å²) in [6.07, 6.45) is -5.27. The Morgan fingerprint density at radius 1 is 1.12 bits per heavy atom. The monoisotopic (exact) mass is 339 g/mol. The van der Waals surface area contributed by atoms with Crippen molar-refractivity contribution < 1.29 is 27.5 Å². The molecule has 0 aliphatic heterocycles. The second-order valence-corrected chi connectivity index (χ2v) is 5.29. The maximum absolute atomic E-state index is 12.5. The summed E-state index contributed by atoms with van der Waals surface area (Å²) in [4.78, 5) is 22.7. The largest absolute Gasteiger partial charge is 0.471 e. The van der Waals surface area contributed by atoms with Gasteiger partial charge in [-0.2, -0.15) is 13.2 Å². The van der Waals surface area contributed by atoms with E-state index in [1.807, 2.05) is 35.6 Å². The Kier molecular flexibility index (Phi) is 5.43. The van der Waals surface area contributed by atoms with Crippen molar-refractivity contribution in [1.82, 2.24) is 5.32 Å². The van der Waals surface area contributed by atoms with Crippen molar-refractivity contribution >= 4 is 22.6 Å². The predicted octanol–water partition coefficient (Wildman–Crippen LogP) is 2.99. The number of benzene rings is 2. The first-order valence-electron chi connectivity index (χ1n) is 7.22. The Morgan fingerprint density at radius 3 is 2.46 bits per heavy atom. The molecule has 7 heteroatoms. The molecule has 0 fully saturated rings. The highest BCUT2D eigenvalue weighted by atomic mass is 19.4. The molecule has 0 spiro atoms. The number of carbonyl (C=O) groups excluding carboxylic acids is 2. The third-order valence-corrected chi connectivity index (χ3v) is 3.58. The highest BCUT2D eigenvalue weighted by Crippen LogP contribution is 2.21. The number of halogens is 3. The summed E-state index contributed by atoms with van der Waals surface area (Å²) in [6.45, 7) is 0. The summed E-state index contributed by atoms with van der Waals surface area (Å²) in [5, 5.41) is 3.65. The van der Waals surface area contributed by atoms with E-state index in [4.69, 9.17) is 0 Å². The van der Waals surface area contributed by atoms with Crippen molar-refractivity contribution in [1.29, 1.82) is 0 Å². The Bertz CT molecular complexity index is 738. The minimum atomic E-state index is -5.01. The van der Waals surface area contributed by atoms with Crippen LogP contribution >= 0.6 is 0 Å². The number of amides is 1. The average molecular weight is 339 g/mol. The molecule has 1 amide bonds. The second-order valence-electron chi connectivity index (χ2n) is 5.29. The Hall–Kier alpha value is -2.57. The van der Waals surface area contributed by atoms with Gasteiger partial charge >= 0.3 is 18.1 Å². The molecule has 2 rings (SSSR count). The van der Waals surface area contributed by atoms with E-state index in [0.29, 0.717) is 0 Å². The lowest BCUT2D eigenvalue weighted by atomic mass is 9.97. The third-order valence-electron chi connectivity index (χ3n) is 3.58. The topological polar surface area (TPSA) is 55.4 Å². The summed E-state index contributed by atoms with van der Waals surface area (Å²) in [5.41, 5.74) is 0.740. The molecule has 1 atom stereocenters. The Balaban J connectivity index is 2.26. The number of hydrogen-bond donors (Lipinski definition) is 1. The van der Waals surface area contributed by atoms with Crippen molar-refractivity contribution in [3.8, 4) is 0 Å². The fraction of sp³-hybridized carbons (Fsp3) is 0.294. The van der Waals surface area contributed by atoms with Crippen molar-refractivity contribution in [3.63, 3.8) is 0 Å². The first-order valence-corrected chi connectivity index (χ1v) is 7.22. The van der Waals surface area contributed by atoms with Gasteiger partial charge in [0.05, 0.1) is 13.5 Å². The van der Waals surface area contributed by atoms with Crippen LogP contribution in [0.3, 0.4) is 0 Å². The molecule has 0 aliphatic rings. The van der Waals surface area contributed by atoms with Crippen molar-refractivity contribution in [2.45, 2.75) is 25.1 Å². The Labute approximate surface area is 136 Å². The van der Waals surface area contributed by atoms with E-state index in [9.17, 15) is 22.8 Å². The molecule has 2 aromatic carbocycles. The van der Waals surface area contributed by atoms with Crippen LogP contribution in [-0.2, 0) is 20.7 Å². The molecule has 128 valence electrons. The van der Waals surface area contributed by atoms with Crippen molar-refractivity contribution in [2.75, 3.05) is 7.11 Å². The van der Waals surface area contributed by atoms with Crippen LogP contribution in [0.4, 0.5) is 13.2 Å². The quantitative estimate of drug-likeness (QED) is 0.852. The van der Waals surface area contributed by atoms with Crippen LogP contribution in [0.15, 0.2) is 42.5 Å². The maximum Gasteiger partial charge on any atom is 0.471 e. The predicted molar refractivity (Wildman–Crippen MR) is 82.3 cm³/mol. The molecule has 4 nitrogen and oxygen atoms in total. The van der Waals surface area contributed by atoms with Gasteiger partial charge in [0.15, 0.2) is 0 Å². The lowest BCUT2D eigenvalue weighted by Crippen LogP contribution is -2.45. The molecule has 0 bridgehead atoms. The standard InChI is InChI=1S/C17H16F3NO3/c1-24-15(22)10-13(21-16(23)17(18,19)20)9-12-7-4-6-11-5-2-3-8-14(11)12/h2-8,13H,9-10H2,1H3,(H,21,23)/t13-/m1/s1. The van der Waals surface area contributed by atoms with E-state index in [-0.39, 0.29) is 12.8 Å². The number of rotatable bonds is 5. The zero-order valence-corrected chi connectivity index (χ0v) is 12.9. The number of ether oxygens (including phenoxy) is 1. The Morgan fingerprint density at radius 2 is 1.79 bits per heavy atom. The molecule has 1 N–H and O–H groups in total. The van der Waals surface area contributed by atoms with Gasteiger partial charge in [0.25, 0.3) is 0 Å². The van der Waals surface area contributed by atoms with Gasteiger partial charge in [0.1, 0.15) is 0 Å². The fourth-order valence-corrected chi connectivity index (χ4v) is 2.46. The molecule has 0 aromatic heterocycles. The number of nitrogens with one attached hydrogen (secondary N) is 1. The number of carbonyl (C=O) groups is 2. The molecule has 24 heavy (non-hydrogen) atoms. The third kappa shape index (κ3) is 4.47. The first kappa shape index (κ1) is 17.8. The van der Waals surface area contributed by atoms with Crippen molar-refractivity contribution in [3.05, 3.63) is 48.0 Å². The highest BCUT2D eigenvalue weighted by molar-refractivity contribution is 5.86. The van der Waals surface area contributed by atoms with E-state index in [0.717, 1.165) is 23.4 Å². The molecule has 0 aliphatic carbocycles. The van der Waals surface area contributed by atoms with Gasteiger partial charge in [-0.15, -0.1) is 0 Å². The van der Waals surface area contributed by atoms with Gasteiger partial charge in [-0.3, -0.25) is 9.59 Å². The molecule has 0 heterocycles. The van der Waals surface area contributed by atoms with Crippen LogP contribution in [-0.4, -0.2) is 31.2 Å². The van der Waals surface area contributed by atoms with E-state index in [2.05, 4.69) is 4.74 Å². The molecule has 0 saturated heterocycles. The lowest BCUT2D eigenvalue weighted by molar-refractivity contribution is -0.174. The fourth-order valence-electron chi connectivity index (χ4n) is 2.46. The van der Waals surface area contributed by atoms with Gasteiger partial charge in [-0.05, 0) is 22.8 Å². The zero-order valence-electron chi connectivity index (χ0n) is 12.9. The first-order chi connectivity index (χ1) is 11.3. The van der Waals surface area contributed by atoms with Gasteiger partial charge in [-0.1, -0.05) is 42.5 Å². The molecular formula is C17H16F3NO3. The lowest BCUT2D eigenvalue weighted by Gasteiger charge is -2.19. The van der Waals surface area contributed by atoms with E-state index >= 15 is 0 Å². The van der Waals surface area contributed by atoms with Crippen LogP contribution in [0.2, 0.25) is 0 Å². The van der Waals surface area contributed by atoms with Crippen molar-refractivity contribution in [2.24, 2.45) is 0 Å². The summed E-state index contributed by atoms with van der Waals surface area (Å²) in [6, 6.07) is 11.8. The average Bonchev–Trinajstić information content (AvgIpc) is 2.54. The highest BCUT2D eigenvalue weighted by Gasteiger charge is 2.40. The smallest absolute Gasteiger partial charge is 0.469 e. The van der Waals surface area contributed by atoms with Gasteiger partial charge in [0, 0.05) is 6.04 Å². The van der Waals surface area contributed by atoms with Crippen LogP contribution in [0, 0.1) is 0 Å².